The molecule has 5 rings (SSSR count). The van der Waals surface area contributed by atoms with Crippen molar-refractivity contribution in [3.05, 3.63) is 113 Å². The SMILES string of the molecule is CNC(C#Cc1cccc(-c2nc(C(=O)O)cc3c2C(CCO[Si](c2ccccc2)(c2ccccc2)C(C)(C)C)N([S@+]([O-])C(C)(C)C)C3)c1)NC. The predicted octanol–water partition coefficient (Wildman–Crippen LogP) is 5.85. The summed E-state index contributed by atoms with van der Waals surface area (Å²) < 4.78 is 23.1. The number of aromatic carboxylic acids is 1. The number of carboxylic acids is 1. The number of benzene rings is 3. The van der Waals surface area contributed by atoms with Gasteiger partial charge in [-0.3, -0.25) is 10.6 Å². The Morgan fingerprint density at radius 2 is 1.59 bits per heavy atom. The van der Waals surface area contributed by atoms with Crippen molar-refractivity contribution in [3.8, 4) is 23.1 Å². The Balaban J connectivity index is 1.62. The van der Waals surface area contributed by atoms with Crippen molar-refractivity contribution in [1.82, 2.24) is 19.9 Å². The first-order valence-corrected chi connectivity index (χ1v) is 20.4. The zero-order valence-electron chi connectivity index (χ0n) is 30.9. The van der Waals surface area contributed by atoms with Crippen molar-refractivity contribution < 1.29 is 18.9 Å². The minimum atomic E-state index is -2.85. The molecule has 0 amide bonds. The van der Waals surface area contributed by atoms with Crippen molar-refractivity contribution in [2.75, 3.05) is 20.7 Å². The van der Waals surface area contributed by atoms with Crippen LogP contribution in [0, 0.1) is 11.8 Å². The molecule has 1 aliphatic rings. The van der Waals surface area contributed by atoms with Gasteiger partial charge in [0.25, 0.3) is 8.32 Å². The van der Waals surface area contributed by atoms with E-state index in [4.69, 9.17) is 9.41 Å². The summed E-state index contributed by atoms with van der Waals surface area (Å²) in [6.45, 7) is 13.4. The van der Waals surface area contributed by atoms with E-state index in [0.717, 1.165) is 22.3 Å². The molecule has 0 aliphatic carbocycles. The zero-order chi connectivity index (χ0) is 37.0. The van der Waals surface area contributed by atoms with Crippen LogP contribution in [0.5, 0.6) is 0 Å². The normalized spacial score (nSPS) is 15.7. The number of nitrogens with zero attached hydrogens (tertiary/aromatic N) is 2. The molecule has 51 heavy (non-hydrogen) atoms. The number of hydrogen-bond acceptors (Lipinski definition) is 7. The van der Waals surface area contributed by atoms with Crippen molar-refractivity contribution in [3.63, 3.8) is 0 Å². The number of hydrogen-bond donors (Lipinski definition) is 3. The maximum atomic E-state index is 14.3. The number of carbonyl (C=O) groups is 1. The average Bonchev–Trinajstić information content (AvgIpc) is 3.47. The van der Waals surface area contributed by atoms with Crippen LogP contribution >= 0.6 is 0 Å². The Hall–Kier alpha value is -3.79. The molecule has 10 heteroatoms. The molecule has 1 aromatic heterocycles. The van der Waals surface area contributed by atoms with E-state index >= 15 is 0 Å². The maximum absolute atomic E-state index is 14.3. The van der Waals surface area contributed by atoms with Gasteiger partial charge in [-0.25, -0.2) is 9.78 Å². The minimum Gasteiger partial charge on any atom is -0.597 e. The number of aromatic nitrogens is 1. The van der Waals surface area contributed by atoms with E-state index in [2.05, 4.69) is 91.8 Å². The fraction of sp³-hybridized carbons (Fsp3) is 0.366. The van der Waals surface area contributed by atoms with Gasteiger partial charge in [0.05, 0.1) is 18.3 Å². The first kappa shape index (κ1) is 38.4. The quantitative estimate of drug-likeness (QED) is 0.0767. The molecule has 0 radical (unpaired) electrons. The molecule has 3 aromatic carbocycles. The summed E-state index contributed by atoms with van der Waals surface area (Å²) in [5.41, 5.74) is 3.75. The monoisotopic (exact) mass is 722 g/mol. The number of pyridine rings is 1. The van der Waals surface area contributed by atoms with Gasteiger partial charge >= 0.3 is 5.97 Å². The Morgan fingerprint density at radius 1 is 0.980 bits per heavy atom. The third kappa shape index (κ3) is 8.16. The van der Waals surface area contributed by atoms with Crippen molar-refractivity contribution >= 4 is 36.0 Å². The largest absolute Gasteiger partial charge is 0.597 e. The molecule has 4 aromatic rings. The third-order valence-electron chi connectivity index (χ3n) is 9.31. The van der Waals surface area contributed by atoms with Gasteiger partial charge in [-0.1, -0.05) is 105 Å². The fourth-order valence-corrected chi connectivity index (χ4v) is 12.9. The molecular formula is C41H50N4O4SSi. The fourth-order valence-electron chi connectivity index (χ4n) is 6.95. The smallest absolute Gasteiger partial charge is 0.354 e. The highest BCUT2D eigenvalue weighted by Gasteiger charge is 2.51. The number of fused-ring (bicyclic) bond motifs is 1. The molecule has 1 aliphatic heterocycles. The van der Waals surface area contributed by atoms with E-state index in [1.54, 1.807) is 6.07 Å². The second-order valence-electron chi connectivity index (χ2n) is 14.8. The average molecular weight is 723 g/mol. The molecule has 0 fully saturated rings. The van der Waals surface area contributed by atoms with E-state index in [1.165, 1.54) is 10.4 Å². The Bertz CT molecular complexity index is 1840. The van der Waals surface area contributed by atoms with Gasteiger partial charge in [-0.15, -0.1) is 4.31 Å². The van der Waals surface area contributed by atoms with Crippen LogP contribution in [0.3, 0.4) is 0 Å². The van der Waals surface area contributed by atoms with Crippen LogP contribution in [0.25, 0.3) is 11.3 Å². The number of rotatable bonds is 11. The van der Waals surface area contributed by atoms with Crippen LogP contribution in [0.4, 0.5) is 0 Å². The first-order valence-electron chi connectivity index (χ1n) is 17.4. The van der Waals surface area contributed by atoms with E-state index in [-0.39, 0.29) is 22.9 Å². The van der Waals surface area contributed by atoms with Crippen LogP contribution in [0.2, 0.25) is 5.04 Å². The van der Waals surface area contributed by atoms with Crippen LogP contribution in [0.15, 0.2) is 91.0 Å². The number of carboxylic acid groups (broad SMARTS) is 1. The molecule has 1 unspecified atom stereocenters. The van der Waals surface area contributed by atoms with Crippen LogP contribution in [0.1, 0.15) is 81.2 Å². The molecule has 3 N–H and O–H groups in total. The number of nitrogens with one attached hydrogen (secondary N) is 2. The summed E-state index contributed by atoms with van der Waals surface area (Å²) in [4.78, 5) is 17.2. The molecular weight excluding hydrogens is 673 g/mol. The summed E-state index contributed by atoms with van der Waals surface area (Å²) >= 11 is -1.40. The topological polar surface area (TPSA) is 110 Å². The molecule has 268 valence electrons. The van der Waals surface area contributed by atoms with Gasteiger partial charge in [0.2, 0.25) is 0 Å². The summed E-state index contributed by atoms with van der Waals surface area (Å²) in [5.74, 6) is 5.29. The van der Waals surface area contributed by atoms with Crippen LogP contribution in [-0.4, -0.2) is 64.9 Å². The maximum Gasteiger partial charge on any atom is 0.354 e. The molecule has 2 heterocycles. The van der Waals surface area contributed by atoms with Gasteiger partial charge in [0.15, 0.2) is 0 Å². The van der Waals surface area contributed by atoms with Gasteiger partial charge < -0.3 is 14.1 Å². The van der Waals surface area contributed by atoms with Gasteiger partial charge in [0.1, 0.15) is 16.6 Å². The van der Waals surface area contributed by atoms with Crippen LogP contribution in [-0.2, 0) is 22.3 Å². The molecule has 0 saturated carbocycles. The van der Waals surface area contributed by atoms with Crippen molar-refractivity contribution in [1.29, 1.82) is 0 Å². The van der Waals surface area contributed by atoms with E-state index in [0.29, 0.717) is 25.3 Å². The zero-order valence-corrected chi connectivity index (χ0v) is 32.7. The highest BCUT2D eigenvalue weighted by molar-refractivity contribution is 7.90. The Morgan fingerprint density at radius 3 is 2.12 bits per heavy atom. The second kappa shape index (κ2) is 15.8. The lowest BCUT2D eigenvalue weighted by atomic mass is 9.95. The minimum absolute atomic E-state index is 0.0450. The summed E-state index contributed by atoms with van der Waals surface area (Å²) in [6.07, 6.45) is 0.346. The van der Waals surface area contributed by atoms with E-state index < -0.39 is 30.4 Å². The predicted molar refractivity (Wildman–Crippen MR) is 210 cm³/mol. The van der Waals surface area contributed by atoms with E-state index in [9.17, 15) is 14.5 Å². The third-order valence-corrected chi connectivity index (χ3v) is 16.2. The van der Waals surface area contributed by atoms with Gasteiger partial charge in [0, 0.05) is 34.7 Å². The van der Waals surface area contributed by atoms with Crippen molar-refractivity contribution in [2.45, 2.75) is 76.5 Å². The Labute approximate surface area is 307 Å². The molecule has 2 atom stereocenters. The summed E-state index contributed by atoms with van der Waals surface area (Å²) in [6, 6.07) is 30.1. The Kier molecular flexibility index (Phi) is 11.9. The van der Waals surface area contributed by atoms with Gasteiger partial charge in [-0.2, -0.15) is 0 Å². The summed E-state index contributed by atoms with van der Waals surface area (Å²) in [5, 5.41) is 18.5. The van der Waals surface area contributed by atoms with E-state index in [1.807, 2.05) is 75.6 Å². The first-order chi connectivity index (χ1) is 24.2. The highest BCUT2D eigenvalue weighted by atomic mass is 32.2. The second-order valence-corrected chi connectivity index (χ2v) is 21.3. The lowest BCUT2D eigenvalue weighted by Crippen LogP contribution is -2.66. The lowest BCUT2D eigenvalue weighted by Gasteiger charge is -2.43. The lowest BCUT2D eigenvalue weighted by molar-refractivity contribution is 0.0690. The van der Waals surface area contributed by atoms with Crippen molar-refractivity contribution in [2.24, 2.45) is 0 Å². The van der Waals surface area contributed by atoms with Crippen LogP contribution < -0.4 is 21.0 Å². The molecule has 0 spiro atoms. The standard InChI is InChI=1S/C41H50N4O4SSi/c1-40(2,3)50(48)45-28-31-27-34(39(46)47)44-38(30-17-15-16-29(26-30)22-23-36(42-7)43-8)37(31)35(45)24-25-49-51(41(4,5)6,32-18-11-9-12-19-32)33-20-13-10-14-21-33/h9-21,26-27,35-36,42-43H,24-25,28H2,1-8H3,(H,46,47)/t35?,50-/m1/s1. The van der Waals surface area contributed by atoms with Gasteiger partial charge in [-0.05, 0) is 80.5 Å². The highest BCUT2D eigenvalue weighted by Crippen LogP contribution is 2.46. The molecule has 0 bridgehead atoms. The molecule has 0 saturated heterocycles. The molecule has 8 nitrogen and oxygen atoms in total. The summed E-state index contributed by atoms with van der Waals surface area (Å²) in [7, 11) is 0.824.